The average Bonchev–Trinajstić information content (AvgIpc) is 2.12. The second-order valence-electron chi connectivity index (χ2n) is 5.33. The Bertz CT molecular complexity index is 381. The number of nitrogens with one attached hydrogen (secondary N) is 1. The minimum absolute atomic E-state index is 0.147. The predicted octanol–water partition coefficient (Wildman–Crippen LogP) is 0.993. The first-order chi connectivity index (χ1) is 8.31. The van der Waals surface area contributed by atoms with Crippen LogP contribution in [0, 0.1) is 17.8 Å². The molecule has 1 saturated heterocycles. The maximum absolute atomic E-state index is 11.4. The molecule has 0 saturated carbocycles. The zero-order chi connectivity index (χ0) is 13.8. The van der Waals surface area contributed by atoms with Gasteiger partial charge in [-0.15, -0.1) is 0 Å². The van der Waals surface area contributed by atoms with E-state index in [-0.39, 0.29) is 5.91 Å². The molecule has 5 heteroatoms. The number of likely N-dealkylation sites (tertiary alicyclic amines) is 1. The van der Waals surface area contributed by atoms with E-state index in [9.17, 15) is 9.59 Å². The third kappa shape index (κ3) is 4.66. The van der Waals surface area contributed by atoms with Gasteiger partial charge in [-0.25, -0.2) is 4.79 Å². The number of amides is 2. The lowest BCUT2D eigenvalue weighted by molar-refractivity contribution is -0.130. The molecule has 0 aromatic rings. The van der Waals surface area contributed by atoms with Crippen LogP contribution in [0.5, 0.6) is 0 Å². The van der Waals surface area contributed by atoms with E-state index < -0.39 is 11.7 Å². The Morgan fingerprint density at radius 1 is 1.39 bits per heavy atom. The molecule has 1 aliphatic rings. The third-order valence-corrected chi connectivity index (χ3v) is 2.41. The van der Waals surface area contributed by atoms with Crippen LogP contribution in [0.25, 0.3) is 0 Å². The molecule has 1 N–H and O–H groups in total. The molecule has 0 aromatic carbocycles. The van der Waals surface area contributed by atoms with Gasteiger partial charge in [-0.05, 0) is 33.6 Å². The molecule has 1 fully saturated rings. The first kappa shape index (κ1) is 14.4. The van der Waals surface area contributed by atoms with Crippen LogP contribution in [0.4, 0.5) is 4.79 Å². The monoisotopic (exact) mass is 252 g/mol. The molecule has 1 rings (SSSR count). The van der Waals surface area contributed by atoms with E-state index >= 15 is 0 Å². The van der Waals surface area contributed by atoms with Crippen LogP contribution in [0.3, 0.4) is 0 Å². The normalized spacial score (nSPS) is 15.2. The van der Waals surface area contributed by atoms with Crippen molar-refractivity contribution in [2.24, 2.45) is 5.92 Å². The van der Waals surface area contributed by atoms with Gasteiger partial charge in [-0.2, -0.15) is 0 Å². The van der Waals surface area contributed by atoms with E-state index in [1.54, 1.807) is 11.8 Å². The molecule has 1 aliphatic heterocycles. The van der Waals surface area contributed by atoms with Gasteiger partial charge in [0.05, 0.1) is 0 Å². The topological polar surface area (TPSA) is 58.6 Å². The maximum Gasteiger partial charge on any atom is 0.407 e. The summed E-state index contributed by atoms with van der Waals surface area (Å²) in [6.07, 6.45) is -0.416. The Labute approximate surface area is 108 Å². The fourth-order valence-corrected chi connectivity index (χ4v) is 1.59. The van der Waals surface area contributed by atoms with Crippen molar-refractivity contribution in [3.63, 3.8) is 0 Å². The highest BCUT2D eigenvalue weighted by Gasteiger charge is 2.30. The van der Waals surface area contributed by atoms with Crippen LogP contribution in [-0.2, 0) is 9.53 Å². The summed E-state index contributed by atoms with van der Waals surface area (Å²) in [6, 6.07) is 0. The van der Waals surface area contributed by atoms with Gasteiger partial charge in [0.25, 0.3) is 5.91 Å². The van der Waals surface area contributed by atoms with Crippen molar-refractivity contribution in [2.75, 3.05) is 19.6 Å². The van der Waals surface area contributed by atoms with Crippen LogP contribution < -0.4 is 5.32 Å². The smallest absolute Gasteiger partial charge is 0.407 e. The number of hydrogen-bond donors (Lipinski definition) is 1. The van der Waals surface area contributed by atoms with Crippen molar-refractivity contribution in [3.05, 3.63) is 0 Å². The first-order valence-electron chi connectivity index (χ1n) is 6.00. The number of carbonyl (C=O) groups is 2. The first-order valence-corrected chi connectivity index (χ1v) is 6.00. The molecular formula is C13H20N2O3. The van der Waals surface area contributed by atoms with Gasteiger partial charge in [0, 0.05) is 25.6 Å². The summed E-state index contributed by atoms with van der Waals surface area (Å²) in [6.45, 7) is 8.91. The number of rotatable bonds is 2. The zero-order valence-electron chi connectivity index (χ0n) is 11.4. The fraction of sp³-hybridized carbons (Fsp3) is 0.692. The summed E-state index contributed by atoms with van der Waals surface area (Å²) in [4.78, 5) is 24.4. The van der Waals surface area contributed by atoms with Crippen LogP contribution >= 0.6 is 0 Å². The van der Waals surface area contributed by atoms with Gasteiger partial charge in [-0.3, -0.25) is 4.79 Å². The number of ether oxygens (including phenoxy) is 1. The summed E-state index contributed by atoms with van der Waals surface area (Å²) < 4.78 is 5.12. The Balaban J connectivity index is 2.18. The average molecular weight is 252 g/mol. The standard InChI is InChI=1S/C13H20N2O3/c1-5-6-11(16)15-8-10(9-15)7-14-12(17)18-13(2,3)4/h10H,7-9H2,1-4H3,(H,14,17). The van der Waals surface area contributed by atoms with Crippen molar-refractivity contribution in [3.8, 4) is 11.8 Å². The SMILES string of the molecule is CC#CC(=O)N1CC(CNC(=O)OC(C)(C)C)C1. The molecule has 0 aliphatic carbocycles. The number of carbonyl (C=O) groups excluding carboxylic acids is 2. The fourth-order valence-electron chi connectivity index (χ4n) is 1.59. The van der Waals surface area contributed by atoms with E-state index in [1.165, 1.54) is 0 Å². The second-order valence-corrected chi connectivity index (χ2v) is 5.33. The van der Waals surface area contributed by atoms with E-state index in [1.807, 2.05) is 20.8 Å². The lowest BCUT2D eigenvalue weighted by Gasteiger charge is -2.38. The molecule has 0 aromatic heterocycles. The summed E-state index contributed by atoms with van der Waals surface area (Å²) in [5.41, 5.74) is -0.484. The maximum atomic E-state index is 11.4. The number of nitrogens with zero attached hydrogens (tertiary/aromatic N) is 1. The van der Waals surface area contributed by atoms with Crippen molar-refractivity contribution < 1.29 is 14.3 Å². The summed E-state index contributed by atoms with van der Waals surface area (Å²) in [7, 11) is 0. The van der Waals surface area contributed by atoms with Crippen molar-refractivity contribution >= 4 is 12.0 Å². The van der Waals surface area contributed by atoms with Gasteiger partial charge >= 0.3 is 6.09 Å². The number of hydrogen-bond acceptors (Lipinski definition) is 3. The van der Waals surface area contributed by atoms with E-state index in [2.05, 4.69) is 17.2 Å². The van der Waals surface area contributed by atoms with E-state index in [4.69, 9.17) is 4.74 Å². The Kier molecular flexibility index (Phi) is 4.60. The number of alkyl carbamates (subject to hydrolysis) is 1. The van der Waals surface area contributed by atoms with Crippen molar-refractivity contribution in [2.45, 2.75) is 33.3 Å². The van der Waals surface area contributed by atoms with Crippen LogP contribution in [0.15, 0.2) is 0 Å². The van der Waals surface area contributed by atoms with Crippen molar-refractivity contribution in [1.29, 1.82) is 0 Å². The molecule has 2 amide bonds. The lowest BCUT2D eigenvalue weighted by atomic mass is 10.0. The van der Waals surface area contributed by atoms with Crippen molar-refractivity contribution in [1.82, 2.24) is 10.2 Å². The summed E-state index contributed by atoms with van der Waals surface area (Å²) in [5, 5.41) is 2.70. The van der Waals surface area contributed by atoms with Gasteiger partial charge in [0.2, 0.25) is 0 Å². The largest absolute Gasteiger partial charge is 0.444 e. The van der Waals surface area contributed by atoms with Gasteiger partial charge in [-0.1, -0.05) is 5.92 Å². The Hall–Kier alpha value is -1.70. The second kappa shape index (κ2) is 5.76. The third-order valence-electron chi connectivity index (χ3n) is 2.41. The molecule has 1 heterocycles. The molecule has 0 atom stereocenters. The highest BCUT2D eigenvalue weighted by Crippen LogP contribution is 2.14. The Morgan fingerprint density at radius 2 is 2.00 bits per heavy atom. The molecule has 5 nitrogen and oxygen atoms in total. The van der Waals surface area contributed by atoms with E-state index in [0.717, 1.165) is 0 Å². The molecule has 0 radical (unpaired) electrons. The van der Waals surface area contributed by atoms with Gasteiger partial charge in [0.15, 0.2) is 0 Å². The lowest BCUT2D eigenvalue weighted by Crippen LogP contribution is -2.53. The molecule has 0 bridgehead atoms. The van der Waals surface area contributed by atoms with Crippen LogP contribution in [0.1, 0.15) is 27.7 Å². The highest BCUT2D eigenvalue weighted by atomic mass is 16.6. The predicted molar refractivity (Wildman–Crippen MR) is 67.8 cm³/mol. The molecular weight excluding hydrogens is 232 g/mol. The van der Waals surface area contributed by atoms with Gasteiger partial charge in [0.1, 0.15) is 5.60 Å². The van der Waals surface area contributed by atoms with E-state index in [0.29, 0.717) is 25.6 Å². The quantitative estimate of drug-likeness (QED) is 0.746. The summed E-state index contributed by atoms with van der Waals surface area (Å²) in [5.74, 6) is 5.21. The molecule has 100 valence electrons. The Morgan fingerprint density at radius 3 is 2.50 bits per heavy atom. The van der Waals surface area contributed by atoms with Gasteiger partial charge < -0.3 is 15.0 Å². The van der Waals surface area contributed by atoms with Crippen LogP contribution in [-0.4, -0.2) is 42.1 Å². The highest BCUT2D eigenvalue weighted by molar-refractivity contribution is 5.93. The minimum Gasteiger partial charge on any atom is -0.444 e. The molecule has 18 heavy (non-hydrogen) atoms. The zero-order valence-corrected chi connectivity index (χ0v) is 11.4. The molecule has 0 spiro atoms. The van der Waals surface area contributed by atoms with Crippen LogP contribution in [0.2, 0.25) is 0 Å². The minimum atomic E-state index is -0.484. The summed E-state index contributed by atoms with van der Waals surface area (Å²) >= 11 is 0. The molecule has 0 unspecified atom stereocenters.